The summed E-state index contributed by atoms with van der Waals surface area (Å²) in [6.07, 6.45) is 3.59. The second-order valence-corrected chi connectivity index (χ2v) is 6.92. The lowest BCUT2D eigenvalue weighted by molar-refractivity contribution is -0.133. The number of aryl methyl sites for hydroxylation is 1. The van der Waals surface area contributed by atoms with Crippen LogP contribution in [-0.4, -0.2) is 61.1 Å². The quantitative estimate of drug-likeness (QED) is 0.666. The number of amides is 1. The maximum atomic E-state index is 12.4. The predicted molar refractivity (Wildman–Crippen MR) is 103 cm³/mol. The van der Waals surface area contributed by atoms with Crippen molar-refractivity contribution in [2.75, 3.05) is 26.2 Å². The highest BCUT2D eigenvalue weighted by molar-refractivity contribution is 5.76. The van der Waals surface area contributed by atoms with Gasteiger partial charge in [0.05, 0.1) is 11.2 Å². The molecule has 9 heteroatoms. The van der Waals surface area contributed by atoms with Gasteiger partial charge in [-0.25, -0.2) is 9.31 Å². The minimum Gasteiger partial charge on any atom is -0.340 e. The molecular weight excluding hydrogens is 360 g/mol. The molecule has 1 amide bonds. The second kappa shape index (κ2) is 7.81. The van der Waals surface area contributed by atoms with Crippen molar-refractivity contribution in [3.8, 4) is 0 Å². The summed E-state index contributed by atoms with van der Waals surface area (Å²) >= 11 is 0. The van der Waals surface area contributed by atoms with Gasteiger partial charge >= 0.3 is 5.69 Å². The summed E-state index contributed by atoms with van der Waals surface area (Å²) in [7, 11) is 0. The molecule has 3 aromatic rings. The van der Waals surface area contributed by atoms with Crippen molar-refractivity contribution < 1.29 is 4.79 Å². The van der Waals surface area contributed by atoms with Crippen LogP contribution in [0.3, 0.4) is 0 Å². The minimum atomic E-state index is -0.488. The molecule has 0 aromatic carbocycles. The van der Waals surface area contributed by atoms with E-state index in [-0.39, 0.29) is 18.9 Å². The van der Waals surface area contributed by atoms with E-state index in [4.69, 9.17) is 0 Å². The van der Waals surface area contributed by atoms with Crippen molar-refractivity contribution in [2.24, 2.45) is 0 Å². The summed E-state index contributed by atoms with van der Waals surface area (Å²) in [4.78, 5) is 41.5. The van der Waals surface area contributed by atoms with E-state index in [9.17, 15) is 14.4 Å². The van der Waals surface area contributed by atoms with Gasteiger partial charge in [0.1, 0.15) is 0 Å². The zero-order chi connectivity index (χ0) is 19.5. The lowest BCUT2D eigenvalue weighted by Gasteiger charge is -2.34. The lowest BCUT2D eigenvalue weighted by Crippen LogP contribution is -2.48. The third kappa shape index (κ3) is 4.04. The van der Waals surface area contributed by atoms with Crippen LogP contribution >= 0.6 is 0 Å². The number of H-pyrrole nitrogens is 1. The van der Waals surface area contributed by atoms with Crippen molar-refractivity contribution in [3.05, 3.63) is 69.3 Å². The molecule has 28 heavy (non-hydrogen) atoms. The highest BCUT2D eigenvalue weighted by Crippen LogP contribution is 2.11. The van der Waals surface area contributed by atoms with Gasteiger partial charge in [-0.1, -0.05) is 6.07 Å². The maximum Gasteiger partial charge on any atom is 0.328 e. The van der Waals surface area contributed by atoms with E-state index in [1.54, 1.807) is 0 Å². The molecule has 0 saturated carbocycles. The van der Waals surface area contributed by atoms with Crippen LogP contribution in [0.25, 0.3) is 5.52 Å². The Hall–Kier alpha value is -3.20. The van der Waals surface area contributed by atoms with Crippen molar-refractivity contribution in [3.63, 3.8) is 0 Å². The van der Waals surface area contributed by atoms with Gasteiger partial charge in [-0.2, -0.15) is 5.10 Å². The molecule has 0 atom stereocenters. The van der Waals surface area contributed by atoms with Gasteiger partial charge in [0, 0.05) is 64.1 Å². The lowest BCUT2D eigenvalue weighted by atomic mass is 10.2. The molecule has 0 spiro atoms. The van der Waals surface area contributed by atoms with Gasteiger partial charge in [0.2, 0.25) is 5.91 Å². The Morgan fingerprint density at radius 2 is 1.89 bits per heavy atom. The molecule has 1 N–H and O–H groups in total. The first-order chi connectivity index (χ1) is 13.6. The van der Waals surface area contributed by atoms with E-state index in [0.717, 1.165) is 30.8 Å². The normalized spacial score (nSPS) is 15.2. The Kier molecular flexibility index (Phi) is 5.07. The minimum absolute atomic E-state index is 0.0190. The van der Waals surface area contributed by atoms with Crippen molar-refractivity contribution in [1.29, 1.82) is 0 Å². The smallest absolute Gasteiger partial charge is 0.328 e. The highest BCUT2D eigenvalue weighted by atomic mass is 16.2. The van der Waals surface area contributed by atoms with Crippen LogP contribution < -0.4 is 11.2 Å². The maximum absolute atomic E-state index is 12.4. The third-order valence-corrected chi connectivity index (χ3v) is 4.99. The molecule has 1 aliphatic rings. The predicted octanol–water partition coefficient (Wildman–Crippen LogP) is -0.0812. The fourth-order valence-corrected chi connectivity index (χ4v) is 3.45. The molecular formula is C19H22N6O3. The van der Waals surface area contributed by atoms with Gasteiger partial charge in [0.15, 0.2) is 0 Å². The molecule has 1 saturated heterocycles. The Morgan fingerprint density at radius 1 is 1.07 bits per heavy atom. The standard InChI is InChI=1S/C19H22N6O3/c26-17-4-7-24(19(28)20-17)8-5-18(27)23-11-9-22(10-12-23)14-15-13-16-3-1-2-6-25(16)21-15/h1-4,6-7,13H,5,8-12,14H2,(H,20,26,28). The molecule has 4 heterocycles. The molecule has 1 fully saturated rings. The van der Waals surface area contributed by atoms with E-state index in [0.29, 0.717) is 13.1 Å². The van der Waals surface area contributed by atoms with E-state index < -0.39 is 11.2 Å². The van der Waals surface area contributed by atoms with Gasteiger partial charge in [-0.15, -0.1) is 0 Å². The first-order valence-electron chi connectivity index (χ1n) is 9.32. The van der Waals surface area contributed by atoms with Gasteiger partial charge in [-0.05, 0) is 18.2 Å². The summed E-state index contributed by atoms with van der Waals surface area (Å²) in [5.41, 5.74) is 1.17. The molecule has 0 aliphatic carbocycles. The fourth-order valence-electron chi connectivity index (χ4n) is 3.45. The highest BCUT2D eigenvalue weighted by Gasteiger charge is 2.21. The number of aromatic nitrogens is 4. The van der Waals surface area contributed by atoms with Crippen molar-refractivity contribution in [2.45, 2.75) is 19.5 Å². The largest absolute Gasteiger partial charge is 0.340 e. The number of piperazine rings is 1. The van der Waals surface area contributed by atoms with Crippen molar-refractivity contribution >= 4 is 11.4 Å². The van der Waals surface area contributed by atoms with Crippen LogP contribution in [0.1, 0.15) is 12.1 Å². The zero-order valence-corrected chi connectivity index (χ0v) is 15.5. The SMILES string of the molecule is O=C(CCn1ccc(=O)[nH]c1=O)N1CCN(Cc2cc3ccccn3n2)CC1. The molecule has 0 unspecified atom stereocenters. The Balaban J connectivity index is 1.28. The summed E-state index contributed by atoms with van der Waals surface area (Å²) in [5, 5.41) is 4.58. The van der Waals surface area contributed by atoms with E-state index in [1.807, 2.05) is 33.8 Å². The number of carbonyl (C=O) groups is 1. The average Bonchev–Trinajstić information content (AvgIpc) is 3.10. The topological polar surface area (TPSA) is 95.7 Å². The van der Waals surface area contributed by atoms with E-state index >= 15 is 0 Å². The van der Waals surface area contributed by atoms with Gasteiger partial charge in [-0.3, -0.25) is 19.5 Å². The number of carbonyl (C=O) groups excluding carboxylic acids is 1. The van der Waals surface area contributed by atoms with Gasteiger partial charge < -0.3 is 9.47 Å². The molecule has 0 bridgehead atoms. The molecule has 9 nitrogen and oxygen atoms in total. The summed E-state index contributed by atoms with van der Waals surface area (Å²) < 4.78 is 3.22. The molecule has 3 aromatic heterocycles. The van der Waals surface area contributed by atoms with Gasteiger partial charge in [0.25, 0.3) is 5.56 Å². The molecule has 146 valence electrons. The van der Waals surface area contributed by atoms with Crippen LogP contribution in [0.4, 0.5) is 0 Å². The Labute approximate surface area is 160 Å². The fraction of sp³-hybridized carbons (Fsp3) is 0.368. The Bertz CT molecular complexity index is 1060. The first kappa shape index (κ1) is 18.2. The molecule has 0 radical (unpaired) electrons. The first-order valence-corrected chi connectivity index (χ1v) is 9.32. The summed E-state index contributed by atoms with van der Waals surface area (Å²) in [6, 6.07) is 9.34. The van der Waals surface area contributed by atoms with Crippen LogP contribution in [0.15, 0.2) is 52.3 Å². The number of pyridine rings is 1. The summed E-state index contributed by atoms with van der Waals surface area (Å²) in [5.74, 6) is 0.0190. The zero-order valence-electron chi connectivity index (χ0n) is 15.5. The number of rotatable bonds is 5. The monoisotopic (exact) mass is 382 g/mol. The number of hydrogen-bond acceptors (Lipinski definition) is 5. The molecule has 1 aliphatic heterocycles. The van der Waals surface area contributed by atoms with Crippen LogP contribution in [-0.2, 0) is 17.9 Å². The molecule has 4 rings (SSSR count). The second-order valence-electron chi connectivity index (χ2n) is 6.92. The Morgan fingerprint density at radius 3 is 2.64 bits per heavy atom. The average molecular weight is 382 g/mol. The number of aromatic amines is 1. The van der Waals surface area contributed by atoms with Crippen molar-refractivity contribution in [1.82, 2.24) is 29.0 Å². The summed E-state index contributed by atoms with van der Waals surface area (Å²) in [6.45, 7) is 3.92. The number of nitrogens with one attached hydrogen (secondary N) is 1. The van der Waals surface area contributed by atoms with E-state index in [1.165, 1.54) is 16.8 Å². The number of fused-ring (bicyclic) bond motifs is 1. The van der Waals surface area contributed by atoms with Crippen LogP contribution in [0, 0.1) is 0 Å². The number of hydrogen-bond donors (Lipinski definition) is 1. The van der Waals surface area contributed by atoms with E-state index in [2.05, 4.69) is 21.0 Å². The third-order valence-electron chi connectivity index (χ3n) is 4.99. The van der Waals surface area contributed by atoms with Crippen LogP contribution in [0.2, 0.25) is 0 Å². The van der Waals surface area contributed by atoms with Crippen LogP contribution in [0.5, 0.6) is 0 Å². The number of nitrogens with zero attached hydrogens (tertiary/aromatic N) is 5.